The summed E-state index contributed by atoms with van der Waals surface area (Å²) < 4.78 is 23.3. The van der Waals surface area contributed by atoms with E-state index in [2.05, 4.69) is 6.07 Å². The summed E-state index contributed by atoms with van der Waals surface area (Å²) in [6, 6.07) is 8.02. The molecular weight excluding hydrogens is 260 g/mol. The molecule has 1 aliphatic carbocycles. The van der Waals surface area contributed by atoms with E-state index < -0.39 is 15.9 Å². The van der Waals surface area contributed by atoms with Crippen molar-refractivity contribution >= 4 is 9.84 Å². The first kappa shape index (κ1) is 13.1. The Labute approximate surface area is 114 Å². The van der Waals surface area contributed by atoms with E-state index in [9.17, 15) is 13.5 Å². The van der Waals surface area contributed by atoms with Crippen LogP contribution in [-0.4, -0.2) is 25.0 Å². The predicted octanol–water partition coefficient (Wildman–Crippen LogP) is 2.11. The maximum Gasteiger partial charge on any atom is 0.150 e. The topological polar surface area (TPSA) is 54.4 Å². The minimum atomic E-state index is -2.87. The van der Waals surface area contributed by atoms with Crippen molar-refractivity contribution in [3.63, 3.8) is 0 Å². The Morgan fingerprint density at radius 3 is 2.68 bits per heavy atom. The van der Waals surface area contributed by atoms with Crippen molar-refractivity contribution in [2.45, 2.75) is 31.8 Å². The zero-order valence-electron chi connectivity index (χ0n) is 11.0. The molecule has 1 N–H and O–H groups in total. The average molecular weight is 280 g/mol. The van der Waals surface area contributed by atoms with E-state index in [0.717, 1.165) is 24.8 Å². The molecular formula is C15H20O3S. The number of fused-ring (bicyclic) bond motifs is 1. The smallest absolute Gasteiger partial charge is 0.150 e. The van der Waals surface area contributed by atoms with Crippen LogP contribution in [0.3, 0.4) is 0 Å². The number of hydrogen-bond acceptors (Lipinski definition) is 3. The first-order chi connectivity index (χ1) is 9.07. The zero-order valence-corrected chi connectivity index (χ0v) is 11.8. The third-order valence-corrected chi connectivity index (χ3v) is 6.43. The molecule has 4 heteroatoms. The molecule has 0 spiro atoms. The molecule has 2 aliphatic rings. The fraction of sp³-hybridized carbons (Fsp3) is 0.600. The molecule has 3 nitrogen and oxygen atoms in total. The van der Waals surface area contributed by atoms with Crippen molar-refractivity contribution in [3.05, 3.63) is 35.4 Å². The number of aryl methyl sites for hydroxylation is 1. The predicted molar refractivity (Wildman–Crippen MR) is 74.6 cm³/mol. The summed E-state index contributed by atoms with van der Waals surface area (Å²) in [7, 11) is -2.87. The molecule has 1 aromatic rings. The van der Waals surface area contributed by atoms with E-state index in [4.69, 9.17) is 0 Å². The third-order valence-electron chi connectivity index (χ3n) is 4.64. The summed E-state index contributed by atoms with van der Waals surface area (Å²) in [5.74, 6) is 0.784. The van der Waals surface area contributed by atoms with Gasteiger partial charge in [0.1, 0.15) is 0 Å². The molecule has 3 rings (SSSR count). The summed E-state index contributed by atoms with van der Waals surface area (Å²) >= 11 is 0. The molecule has 1 heterocycles. The molecule has 104 valence electrons. The molecule has 1 aliphatic heterocycles. The maximum absolute atomic E-state index is 11.6. The van der Waals surface area contributed by atoms with Gasteiger partial charge in [0.05, 0.1) is 17.6 Å². The lowest BCUT2D eigenvalue weighted by atomic mass is 9.82. The molecule has 19 heavy (non-hydrogen) atoms. The van der Waals surface area contributed by atoms with Crippen LogP contribution >= 0.6 is 0 Å². The van der Waals surface area contributed by atoms with Crippen LogP contribution in [0.25, 0.3) is 0 Å². The first-order valence-electron chi connectivity index (χ1n) is 7.03. The average Bonchev–Trinajstić information content (AvgIpc) is 2.65. The Morgan fingerprint density at radius 2 is 1.95 bits per heavy atom. The van der Waals surface area contributed by atoms with Crippen LogP contribution < -0.4 is 0 Å². The summed E-state index contributed by atoms with van der Waals surface area (Å²) in [5, 5.41) is 10.6. The molecule has 3 unspecified atom stereocenters. The van der Waals surface area contributed by atoms with Crippen molar-refractivity contribution in [1.29, 1.82) is 0 Å². The van der Waals surface area contributed by atoms with E-state index in [1.54, 1.807) is 0 Å². The lowest BCUT2D eigenvalue weighted by molar-refractivity contribution is 0.0747. The first-order valence-corrected chi connectivity index (χ1v) is 8.85. The highest BCUT2D eigenvalue weighted by molar-refractivity contribution is 7.91. The van der Waals surface area contributed by atoms with E-state index in [1.165, 1.54) is 5.56 Å². The lowest BCUT2D eigenvalue weighted by Gasteiger charge is -2.26. The second-order valence-corrected chi connectivity index (χ2v) is 8.09. The van der Waals surface area contributed by atoms with Gasteiger partial charge in [-0.15, -0.1) is 0 Å². The van der Waals surface area contributed by atoms with Crippen LogP contribution in [0.2, 0.25) is 0 Å². The van der Waals surface area contributed by atoms with Gasteiger partial charge in [0.2, 0.25) is 0 Å². The second kappa shape index (κ2) is 4.91. The van der Waals surface area contributed by atoms with Gasteiger partial charge < -0.3 is 5.11 Å². The normalized spacial score (nSPS) is 33.6. The molecule has 0 saturated carbocycles. The van der Waals surface area contributed by atoms with Gasteiger partial charge in [0.25, 0.3) is 0 Å². The molecule has 3 atom stereocenters. The quantitative estimate of drug-likeness (QED) is 0.802. The molecule has 0 amide bonds. The van der Waals surface area contributed by atoms with Gasteiger partial charge in [0.15, 0.2) is 9.84 Å². The van der Waals surface area contributed by atoms with Gasteiger partial charge in [0, 0.05) is 0 Å². The van der Waals surface area contributed by atoms with Crippen molar-refractivity contribution in [3.8, 4) is 0 Å². The number of aliphatic hydroxyl groups excluding tert-OH is 1. The van der Waals surface area contributed by atoms with Crippen molar-refractivity contribution in [2.24, 2.45) is 11.8 Å². The highest BCUT2D eigenvalue weighted by atomic mass is 32.2. The molecule has 0 radical (unpaired) electrons. The van der Waals surface area contributed by atoms with Gasteiger partial charge >= 0.3 is 0 Å². The number of sulfone groups is 1. The monoisotopic (exact) mass is 280 g/mol. The van der Waals surface area contributed by atoms with Crippen molar-refractivity contribution in [2.75, 3.05) is 11.5 Å². The fourth-order valence-electron chi connectivity index (χ4n) is 3.62. The Hall–Kier alpha value is -0.870. The molecule has 0 aromatic heterocycles. The zero-order chi connectivity index (χ0) is 13.5. The third kappa shape index (κ3) is 2.56. The Bertz CT molecular complexity index is 565. The van der Waals surface area contributed by atoms with Crippen molar-refractivity contribution in [1.82, 2.24) is 0 Å². The van der Waals surface area contributed by atoms with Gasteiger partial charge in [-0.3, -0.25) is 0 Å². The molecule has 1 saturated heterocycles. The van der Waals surface area contributed by atoms with E-state index in [1.807, 2.05) is 18.2 Å². The Kier molecular flexibility index (Phi) is 3.39. The maximum atomic E-state index is 11.6. The van der Waals surface area contributed by atoms with Crippen LogP contribution in [0.4, 0.5) is 0 Å². The SMILES string of the molecule is O=S1(=O)CCC(C2CCCc3ccccc3C2O)C1. The van der Waals surface area contributed by atoms with E-state index >= 15 is 0 Å². The number of aliphatic hydroxyl groups is 1. The summed E-state index contributed by atoms with van der Waals surface area (Å²) in [4.78, 5) is 0. The van der Waals surface area contributed by atoms with Gasteiger partial charge in [-0.05, 0) is 48.6 Å². The second-order valence-electron chi connectivity index (χ2n) is 5.86. The Balaban J connectivity index is 1.88. The van der Waals surface area contributed by atoms with Crippen LogP contribution in [-0.2, 0) is 16.3 Å². The van der Waals surface area contributed by atoms with Gasteiger partial charge in [-0.2, -0.15) is 0 Å². The van der Waals surface area contributed by atoms with Crippen LogP contribution in [0.5, 0.6) is 0 Å². The van der Waals surface area contributed by atoms with Crippen molar-refractivity contribution < 1.29 is 13.5 Å². The van der Waals surface area contributed by atoms with Crippen LogP contribution in [0.1, 0.15) is 36.5 Å². The minimum absolute atomic E-state index is 0.0981. The lowest BCUT2D eigenvalue weighted by Crippen LogP contribution is -2.22. The summed E-state index contributed by atoms with van der Waals surface area (Å²) in [6.45, 7) is 0. The largest absolute Gasteiger partial charge is 0.388 e. The number of benzene rings is 1. The standard InChI is InChI=1S/C15H20O3S/c16-15-13-6-2-1-4-11(13)5-3-7-14(15)12-8-9-19(17,18)10-12/h1-2,4,6,12,14-16H,3,5,7-10H2. The van der Waals surface area contributed by atoms with Gasteiger partial charge in [-0.25, -0.2) is 8.42 Å². The van der Waals surface area contributed by atoms with E-state index in [0.29, 0.717) is 12.2 Å². The summed E-state index contributed by atoms with van der Waals surface area (Å²) in [6.07, 6.45) is 3.16. The van der Waals surface area contributed by atoms with Gasteiger partial charge in [-0.1, -0.05) is 24.3 Å². The molecule has 1 aromatic carbocycles. The highest BCUT2D eigenvalue weighted by Gasteiger charge is 2.38. The Morgan fingerprint density at radius 1 is 1.16 bits per heavy atom. The van der Waals surface area contributed by atoms with Crippen LogP contribution in [0.15, 0.2) is 24.3 Å². The molecule has 1 fully saturated rings. The van der Waals surface area contributed by atoms with E-state index in [-0.39, 0.29) is 17.6 Å². The number of rotatable bonds is 1. The minimum Gasteiger partial charge on any atom is -0.388 e. The molecule has 0 bridgehead atoms. The number of hydrogen-bond donors (Lipinski definition) is 1. The van der Waals surface area contributed by atoms with Crippen LogP contribution in [0, 0.1) is 11.8 Å². The fourth-order valence-corrected chi connectivity index (χ4v) is 5.52. The summed E-state index contributed by atoms with van der Waals surface area (Å²) in [5.41, 5.74) is 2.23. The highest BCUT2D eigenvalue weighted by Crippen LogP contribution is 2.41.